The van der Waals surface area contributed by atoms with Gasteiger partial charge in [0.15, 0.2) is 0 Å². The van der Waals surface area contributed by atoms with Gasteiger partial charge in [0, 0.05) is 19.1 Å². The highest BCUT2D eigenvalue weighted by Gasteiger charge is 2.21. The zero-order valence-electron chi connectivity index (χ0n) is 9.58. The Kier molecular flexibility index (Phi) is 4.20. The second-order valence-electron chi connectivity index (χ2n) is 4.85. The Morgan fingerprint density at radius 2 is 1.77 bits per heavy atom. The van der Waals surface area contributed by atoms with E-state index in [1.807, 2.05) is 0 Å². The standard InChI is InChI=1S/C11H24N2/c1-10(2)5-6-12-7-8-13(9-12)11(3)4/h10-11H,5-9H2,1-4H3. The first-order valence-electron chi connectivity index (χ1n) is 5.56. The Morgan fingerprint density at radius 3 is 2.23 bits per heavy atom. The molecular formula is C11H24N2. The van der Waals surface area contributed by atoms with Crippen LogP contribution in [0.25, 0.3) is 0 Å². The van der Waals surface area contributed by atoms with Crippen molar-refractivity contribution in [3.8, 4) is 0 Å². The quantitative estimate of drug-likeness (QED) is 0.659. The third-order valence-corrected chi connectivity index (χ3v) is 2.84. The number of hydrogen-bond donors (Lipinski definition) is 0. The van der Waals surface area contributed by atoms with Crippen LogP contribution < -0.4 is 0 Å². The minimum absolute atomic E-state index is 0.712. The van der Waals surface area contributed by atoms with Gasteiger partial charge in [0.1, 0.15) is 0 Å². The predicted molar refractivity (Wildman–Crippen MR) is 57.7 cm³/mol. The van der Waals surface area contributed by atoms with Crippen molar-refractivity contribution >= 4 is 0 Å². The lowest BCUT2D eigenvalue weighted by atomic mass is 10.1. The lowest BCUT2D eigenvalue weighted by Gasteiger charge is -2.21. The summed E-state index contributed by atoms with van der Waals surface area (Å²) in [6.07, 6.45) is 1.34. The van der Waals surface area contributed by atoms with Crippen LogP contribution in [0.3, 0.4) is 0 Å². The van der Waals surface area contributed by atoms with Crippen molar-refractivity contribution in [2.24, 2.45) is 5.92 Å². The third-order valence-electron chi connectivity index (χ3n) is 2.84. The lowest BCUT2D eigenvalue weighted by Crippen LogP contribution is -2.31. The number of rotatable bonds is 4. The van der Waals surface area contributed by atoms with E-state index in [1.54, 1.807) is 0 Å². The molecule has 0 atom stereocenters. The van der Waals surface area contributed by atoms with Gasteiger partial charge in [0.2, 0.25) is 0 Å². The summed E-state index contributed by atoms with van der Waals surface area (Å²) in [5.74, 6) is 0.841. The molecule has 0 amide bonds. The van der Waals surface area contributed by atoms with E-state index >= 15 is 0 Å². The van der Waals surface area contributed by atoms with Crippen LogP contribution in [-0.2, 0) is 0 Å². The van der Waals surface area contributed by atoms with E-state index < -0.39 is 0 Å². The highest BCUT2D eigenvalue weighted by molar-refractivity contribution is 4.73. The topological polar surface area (TPSA) is 6.48 Å². The average Bonchev–Trinajstić information content (AvgIpc) is 2.48. The fraction of sp³-hybridized carbons (Fsp3) is 1.00. The first-order chi connectivity index (χ1) is 6.09. The van der Waals surface area contributed by atoms with Crippen LogP contribution >= 0.6 is 0 Å². The van der Waals surface area contributed by atoms with Crippen molar-refractivity contribution in [2.45, 2.75) is 40.2 Å². The van der Waals surface area contributed by atoms with Crippen molar-refractivity contribution in [1.82, 2.24) is 9.80 Å². The van der Waals surface area contributed by atoms with E-state index in [2.05, 4.69) is 37.5 Å². The second kappa shape index (κ2) is 4.97. The maximum Gasteiger partial charge on any atom is 0.0509 e. The smallest absolute Gasteiger partial charge is 0.0509 e. The molecule has 0 aromatic carbocycles. The van der Waals surface area contributed by atoms with E-state index in [9.17, 15) is 0 Å². The molecule has 1 heterocycles. The van der Waals surface area contributed by atoms with Gasteiger partial charge in [-0.25, -0.2) is 0 Å². The Labute approximate surface area is 82.9 Å². The molecule has 0 aliphatic carbocycles. The molecule has 0 aromatic rings. The van der Waals surface area contributed by atoms with Crippen LogP contribution in [0.5, 0.6) is 0 Å². The molecule has 1 fully saturated rings. The summed E-state index contributed by atoms with van der Waals surface area (Å²) in [6.45, 7) is 14.2. The van der Waals surface area contributed by atoms with Gasteiger partial charge in [-0.1, -0.05) is 13.8 Å². The van der Waals surface area contributed by atoms with Crippen LogP contribution in [0.1, 0.15) is 34.1 Å². The van der Waals surface area contributed by atoms with Gasteiger partial charge in [0.25, 0.3) is 0 Å². The predicted octanol–water partition coefficient (Wildman–Crippen LogP) is 2.02. The first kappa shape index (κ1) is 11.0. The minimum Gasteiger partial charge on any atom is -0.289 e. The molecule has 0 aromatic heterocycles. The molecule has 1 aliphatic heterocycles. The van der Waals surface area contributed by atoms with Crippen LogP contribution in [0.15, 0.2) is 0 Å². The molecule has 0 unspecified atom stereocenters. The van der Waals surface area contributed by atoms with E-state index in [4.69, 9.17) is 0 Å². The average molecular weight is 184 g/mol. The minimum atomic E-state index is 0.712. The summed E-state index contributed by atoms with van der Waals surface area (Å²) in [4.78, 5) is 5.11. The molecule has 2 heteroatoms. The van der Waals surface area contributed by atoms with Crippen LogP contribution in [0.4, 0.5) is 0 Å². The Balaban J connectivity index is 2.17. The fourth-order valence-electron chi connectivity index (χ4n) is 1.71. The highest BCUT2D eigenvalue weighted by atomic mass is 15.4. The zero-order valence-corrected chi connectivity index (χ0v) is 9.58. The summed E-state index contributed by atoms with van der Waals surface area (Å²) < 4.78 is 0. The van der Waals surface area contributed by atoms with Crippen molar-refractivity contribution in [2.75, 3.05) is 26.3 Å². The van der Waals surface area contributed by atoms with Crippen molar-refractivity contribution in [1.29, 1.82) is 0 Å². The van der Waals surface area contributed by atoms with Gasteiger partial charge >= 0.3 is 0 Å². The Morgan fingerprint density at radius 1 is 1.08 bits per heavy atom. The van der Waals surface area contributed by atoms with Crippen LogP contribution in [0.2, 0.25) is 0 Å². The molecule has 0 bridgehead atoms. The van der Waals surface area contributed by atoms with Crippen LogP contribution in [-0.4, -0.2) is 42.1 Å². The maximum atomic E-state index is 2.57. The monoisotopic (exact) mass is 184 g/mol. The summed E-state index contributed by atoms with van der Waals surface area (Å²) in [5.41, 5.74) is 0. The third kappa shape index (κ3) is 3.65. The molecule has 2 nitrogen and oxygen atoms in total. The first-order valence-corrected chi connectivity index (χ1v) is 5.56. The molecule has 13 heavy (non-hydrogen) atoms. The molecule has 0 radical (unpaired) electrons. The number of nitrogens with zero attached hydrogens (tertiary/aromatic N) is 2. The van der Waals surface area contributed by atoms with E-state index in [-0.39, 0.29) is 0 Å². The molecule has 0 N–H and O–H groups in total. The van der Waals surface area contributed by atoms with Crippen molar-refractivity contribution in [3.63, 3.8) is 0 Å². The van der Waals surface area contributed by atoms with Gasteiger partial charge in [-0.3, -0.25) is 9.80 Å². The van der Waals surface area contributed by atoms with E-state index in [1.165, 1.54) is 32.7 Å². The maximum absolute atomic E-state index is 2.57. The van der Waals surface area contributed by atoms with Gasteiger partial charge in [0.05, 0.1) is 6.67 Å². The normalized spacial score (nSPS) is 20.8. The SMILES string of the molecule is CC(C)CCN1CCN(C(C)C)C1. The van der Waals surface area contributed by atoms with E-state index in [0.717, 1.165) is 5.92 Å². The molecule has 78 valence electrons. The van der Waals surface area contributed by atoms with E-state index in [0.29, 0.717) is 6.04 Å². The summed E-state index contributed by atoms with van der Waals surface area (Å²) >= 11 is 0. The molecule has 1 saturated heterocycles. The molecule has 0 saturated carbocycles. The Bertz CT molecular complexity index is 143. The lowest BCUT2D eigenvalue weighted by molar-refractivity contribution is 0.206. The van der Waals surface area contributed by atoms with Gasteiger partial charge in [-0.05, 0) is 32.7 Å². The van der Waals surface area contributed by atoms with Crippen molar-refractivity contribution < 1.29 is 0 Å². The fourth-order valence-corrected chi connectivity index (χ4v) is 1.71. The Hall–Kier alpha value is -0.0800. The second-order valence-corrected chi connectivity index (χ2v) is 4.85. The highest BCUT2D eigenvalue weighted by Crippen LogP contribution is 2.10. The molecule has 1 rings (SSSR count). The zero-order chi connectivity index (χ0) is 9.84. The summed E-state index contributed by atoms with van der Waals surface area (Å²) in [7, 11) is 0. The van der Waals surface area contributed by atoms with Crippen molar-refractivity contribution in [3.05, 3.63) is 0 Å². The van der Waals surface area contributed by atoms with Gasteiger partial charge in [-0.2, -0.15) is 0 Å². The molecular weight excluding hydrogens is 160 g/mol. The summed E-state index contributed by atoms with van der Waals surface area (Å²) in [5, 5.41) is 0. The van der Waals surface area contributed by atoms with Gasteiger partial charge in [-0.15, -0.1) is 0 Å². The number of hydrogen-bond acceptors (Lipinski definition) is 2. The van der Waals surface area contributed by atoms with Gasteiger partial charge < -0.3 is 0 Å². The molecule has 1 aliphatic rings. The largest absolute Gasteiger partial charge is 0.289 e. The van der Waals surface area contributed by atoms with Crippen LogP contribution in [0, 0.1) is 5.92 Å². The molecule has 0 spiro atoms. The summed E-state index contributed by atoms with van der Waals surface area (Å²) in [6, 6.07) is 0.712.